The molecule has 0 amide bonds. The van der Waals surface area contributed by atoms with E-state index < -0.39 is 5.97 Å². The smallest absolute Gasteiger partial charge is 0.340 e. The van der Waals surface area contributed by atoms with Gasteiger partial charge in [-0.05, 0) is 73.8 Å². The molecule has 1 rings (SSSR count). The molecule has 70 valence electrons. The molecule has 0 heterocycles. The van der Waals surface area contributed by atoms with Crippen molar-refractivity contribution in [3.63, 3.8) is 0 Å². The largest absolute Gasteiger partial charge is 0.506 e. The summed E-state index contributed by atoms with van der Waals surface area (Å²) >= 11 is 5.87. The van der Waals surface area contributed by atoms with Gasteiger partial charge in [0.2, 0.25) is 0 Å². The van der Waals surface area contributed by atoms with Crippen LogP contribution in [0.5, 0.6) is 5.75 Å². The average molecular weight is 516 g/mol. The van der Waals surface area contributed by atoms with Gasteiger partial charge in [0.1, 0.15) is 11.3 Å². The van der Waals surface area contributed by atoms with Gasteiger partial charge < -0.3 is 10.2 Å². The zero-order chi connectivity index (χ0) is 10.2. The second-order valence-corrected chi connectivity index (χ2v) is 5.59. The Balaban J connectivity index is 3.53. The summed E-state index contributed by atoms with van der Waals surface area (Å²) in [6, 6.07) is 1.73. The molecule has 6 heteroatoms. The van der Waals surface area contributed by atoms with E-state index in [0.29, 0.717) is 7.14 Å². The fourth-order valence-electron chi connectivity index (χ4n) is 0.786. The molecule has 0 aliphatic rings. The van der Waals surface area contributed by atoms with E-state index in [1.165, 1.54) is 0 Å². The molecule has 0 radical (unpaired) electrons. The van der Waals surface area contributed by atoms with Crippen LogP contribution in [0.2, 0.25) is 0 Å². The Morgan fingerprint density at radius 2 is 1.77 bits per heavy atom. The van der Waals surface area contributed by atoms with Crippen molar-refractivity contribution < 1.29 is 15.0 Å². The van der Waals surface area contributed by atoms with Crippen molar-refractivity contribution >= 4 is 73.7 Å². The number of carboxylic acids is 1. The van der Waals surface area contributed by atoms with Crippen molar-refractivity contribution in [3.05, 3.63) is 22.3 Å². The van der Waals surface area contributed by atoms with Gasteiger partial charge in [0.25, 0.3) is 0 Å². The predicted molar refractivity (Wildman–Crippen MR) is 73.2 cm³/mol. The highest BCUT2D eigenvalue weighted by Crippen LogP contribution is 2.32. The summed E-state index contributed by atoms with van der Waals surface area (Å²) in [6.45, 7) is 0. The second-order valence-electron chi connectivity index (χ2n) is 2.18. The van der Waals surface area contributed by atoms with E-state index in [1.807, 2.05) is 45.2 Å². The predicted octanol–water partition coefficient (Wildman–Crippen LogP) is 2.90. The van der Waals surface area contributed by atoms with E-state index in [9.17, 15) is 9.90 Å². The molecule has 0 spiro atoms. The number of aromatic hydroxyl groups is 1. The van der Waals surface area contributed by atoms with Crippen molar-refractivity contribution in [2.45, 2.75) is 0 Å². The molecule has 0 aromatic heterocycles. The van der Waals surface area contributed by atoms with Crippen LogP contribution in [0.15, 0.2) is 6.07 Å². The third-order valence-corrected chi connectivity index (χ3v) is 5.19. The number of benzene rings is 1. The lowest BCUT2D eigenvalue weighted by atomic mass is 10.2. The molecule has 13 heavy (non-hydrogen) atoms. The third kappa shape index (κ3) is 2.37. The standard InChI is InChI=1S/C7H3I3O3/c8-2-1-3(9)5(10)6(11)4(2)7(12)13/h1,11H,(H,12,13). The molecule has 0 aliphatic carbocycles. The number of carboxylic acid groups (broad SMARTS) is 1. The number of hydrogen-bond donors (Lipinski definition) is 2. The van der Waals surface area contributed by atoms with Crippen molar-refractivity contribution in [1.82, 2.24) is 0 Å². The molecule has 0 saturated carbocycles. The van der Waals surface area contributed by atoms with Gasteiger partial charge in [-0.25, -0.2) is 4.79 Å². The fourth-order valence-corrected chi connectivity index (χ4v) is 3.17. The van der Waals surface area contributed by atoms with Gasteiger partial charge in [0.05, 0.1) is 3.57 Å². The van der Waals surface area contributed by atoms with Crippen LogP contribution in [-0.4, -0.2) is 16.2 Å². The lowest BCUT2D eigenvalue weighted by Gasteiger charge is -2.06. The molecule has 0 fully saturated rings. The minimum atomic E-state index is -1.10. The molecule has 0 unspecified atom stereocenters. The van der Waals surface area contributed by atoms with Crippen LogP contribution in [0.3, 0.4) is 0 Å². The number of hydrogen-bond acceptors (Lipinski definition) is 2. The fraction of sp³-hybridized carbons (Fsp3) is 0. The third-order valence-electron chi connectivity index (χ3n) is 1.36. The number of phenols is 1. The van der Waals surface area contributed by atoms with Crippen molar-refractivity contribution in [3.8, 4) is 5.75 Å². The van der Waals surface area contributed by atoms with Gasteiger partial charge in [0, 0.05) is 7.14 Å². The van der Waals surface area contributed by atoms with Crippen LogP contribution >= 0.6 is 67.8 Å². The Morgan fingerprint density at radius 3 is 2.23 bits per heavy atom. The lowest BCUT2D eigenvalue weighted by Crippen LogP contribution is -2.02. The monoisotopic (exact) mass is 516 g/mol. The summed E-state index contributed by atoms with van der Waals surface area (Å²) < 4.78 is 1.98. The minimum absolute atomic E-state index is 0.0228. The highest BCUT2D eigenvalue weighted by molar-refractivity contribution is 14.1. The van der Waals surface area contributed by atoms with Crippen LogP contribution in [0.1, 0.15) is 10.4 Å². The van der Waals surface area contributed by atoms with E-state index >= 15 is 0 Å². The van der Waals surface area contributed by atoms with Gasteiger partial charge in [-0.3, -0.25) is 0 Å². The van der Waals surface area contributed by atoms with Crippen LogP contribution in [0.25, 0.3) is 0 Å². The van der Waals surface area contributed by atoms with Gasteiger partial charge in [-0.1, -0.05) is 0 Å². The summed E-state index contributed by atoms with van der Waals surface area (Å²) in [7, 11) is 0. The molecule has 2 N–H and O–H groups in total. The van der Waals surface area contributed by atoms with Gasteiger partial charge in [0.15, 0.2) is 0 Å². The van der Waals surface area contributed by atoms with Gasteiger partial charge in [-0.2, -0.15) is 0 Å². The molecule has 1 aromatic carbocycles. The average Bonchev–Trinajstić information content (AvgIpc) is 1.99. The maximum atomic E-state index is 10.7. The summed E-state index contributed by atoms with van der Waals surface area (Å²) in [5.74, 6) is -1.25. The highest BCUT2D eigenvalue weighted by Gasteiger charge is 2.18. The molecule has 0 atom stereocenters. The van der Waals surface area contributed by atoms with Gasteiger partial charge >= 0.3 is 5.97 Å². The van der Waals surface area contributed by atoms with Crippen molar-refractivity contribution in [1.29, 1.82) is 0 Å². The summed E-state index contributed by atoms with van der Waals surface area (Å²) in [6.07, 6.45) is 0. The molecule has 1 aromatic rings. The maximum absolute atomic E-state index is 10.7. The first kappa shape index (κ1) is 11.8. The summed E-state index contributed by atoms with van der Waals surface area (Å²) in [5.41, 5.74) is -0.0228. The molecular formula is C7H3I3O3. The van der Waals surface area contributed by atoms with Crippen LogP contribution < -0.4 is 0 Å². The van der Waals surface area contributed by atoms with Crippen LogP contribution in [0, 0.1) is 10.7 Å². The Bertz CT molecular complexity index is 376. The SMILES string of the molecule is O=C(O)c1c(I)cc(I)c(I)c1O. The number of rotatable bonds is 1. The molecular weight excluding hydrogens is 513 g/mol. The second kappa shape index (κ2) is 4.47. The quantitative estimate of drug-likeness (QED) is 0.447. The highest BCUT2D eigenvalue weighted by atomic mass is 127. The first-order chi connectivity index (χ1) is 5.95. The van der Waals surface area contributed by atoms with E-state index in [4.69, 9.17) is 5.11 Å². The van der Waals surface area contributed by atoms with Crippen LogP contribution in [0.4, 0.5) is 0 Å². The number of aromatic carboxylic acids is 1. The zero-order valence-corrected chi connectivity index (χ0v) is 12.5. The van der Waals surface area contributed by atoms with Crippen molar-refractivity contribution in [2.75, 3.05) is 0 Å². The first-order valence-corrected chi connectivity index (χ1v) is 6.28. The van der Waals surface area contributed by atoms with E-state index in [1.54, 1.807) is 6.07 Å². The maximum Gasteiger partial charge on any atom is 0.340 e. The minimum Gasteiger partial charge on any atom is -0.506 e. The summed E-state index contributed by atoms with van der Waals surface area (Å²) in [4.78, 5) is 10.7. The van der Waals surface area contributed by atoms with E-state index in [0.717, 1.165) is 3.57 Å². The van der Waals surface area contributed by atoms with Crippen LogP contribution in [-0.2, 0) is 0 Å². The molecule has 3 nitrogen and oxygen atoms in total. The zero-order valence-electron chi connectivity index (χ0n) is 6.01. The number of halogens is 3. The molecule has 0 saturated heterocycles. The Morgan fingerprint density at radius 1 is 1.23 bits per heavy atom. The van der Waals surface area contributed by atoms with Gasteiger partial charge in [-0.15, -0.1) is 0 Å². The van der Waals surface area contributed by atoms with Crippen molar-refractivity contribution in [2.24, 2.45) is 0 Å². The topological polar surface area (TPSA) is 57.5 Å². The Labute approximate surface area is 115 Å². The Hall–Kier alpha value is 0.680. The normalized spacial score (nSPS) is 10.1. The molecule has 0 aliphatic heterocycles. The first-order valence-electron chi connectivity index (χ1n) is 3.05. The van der Waals surface area contributed by atoms with E-state index in [2.05, 4.69) is 22.6 Å². The summed E-state index contributed by atoms with van der Waals surface area (Å²) in [5, 5.41) is 18.3. The lowest BCUT2D eigenvalue weighted by molar-refractivity contribution is 0.0692. The molecule has 0 bridgehead atoms. The van der Waals surface area contributed by atoms with E-state index in [-0.39, 0.29) is 11.3 Å². The number of carbonyl (C=O) groups is 1. The Kier molecular flexibility index (Phi) is 4.04.